The molecule has 0 saturated carbocycles. The summed E-state index contributed by atoms with van der Waals surface area (Å²) < 4.78 is 64.5. The van der Waals surface area contributed by atoms with Crippen LogP contribution in [0.3, 0.4) is 0 Å². The van der Waals surface area contributed by atoms with Gasteiger partial charge in [0, 0.05) is 17.4 Å². The smallest absolute Gasteiger partial charge is 0.330 e. The predicted molar refractivity (Wildman–Crippen MR) is 91.8 cm³/mol. The number of sulfone groups is 1. The summed E-state index contributed by atoms with van der Waals surface area (Å²) in [6, 6.07) is 2.20. The Hall–Kier alpha value is -1.09. The normalized spacial score (nSPS) is 19.4. The highest BCUT2D eigenvalue weighted by Gasteiger charge is 2.46. The molecule has 0 bridgehead atoms. The number of aryl methyl sites for hydroxylation is 1. The number of amides is 1. The van der Waals surface area contributed by atoms with Crippen LogP contribution in [-0.2, 0) is 14.6 Å². The van der Waals surface area contributed by atoms with Crippen LogP contribution < -0.4 is 0 Å². The topological polar surface area (TPSA) is 54.5 Å². The molecule has 1 aliphatic rings. The van der Waals surface area contributed by atoms with Crippen molar-refractivity contribution in [3.05, 3.63) is 33.8 Å². The molecule has 1 aliphatic heterocycles. The van der Waals surface area contributed by atoms with Gasteiger partial charge in [0.05, 0.1) is 11.5 Å². The summed E-state index contributed by atoms with van der Waals surface area (Å²) in [5.74, 6) is -1.69. The van der Waals surface area contributed by atoms with Crippen molar-refractivity contribution < 1.29 is 26.4 Å². The van der Waals surface area contributed by atoms with Gasteiger partial charge in [-0.2, -0.15) is 13.2 Å². The fourth-order valence-electron chi connectivity index (χ4n) is 3.02. The van der Waals surface area contributed by atoms with Crippen LogP contribution in [0.25, 0.3) is 0 Å². The summed E-state index contributed by atoms with van der Waals surface area (Å²) in [4.78, 5) is 13.2. The summed E-state index contributed by atoms with van der Waals surface area (Å²) in [6.45, 7) is 1.68. The van der Waals surface area contributed by atoms with E-state index in [1.54, 1.807) is 6.92 Å². The Bertz CT molecular complexity index is 750. The molecule has 0 aliphatic carbocycles. The van der Waals surface area contributed by atoms with Crippen LogP contribution in [0.15, 0.2) is 22.7 Å². The maximum Gasteiger partial charge on any atom is 0.413 e. The van der Waals surface area contributed by atoms with Gasteiger partial charge in [0.2, 0.25) is 5.91 Å². The van der Waals surface area contributed by atoms with Crippen LogP contribution in [-0.4, -0.2) is 44.0 Å². The molecule has 9 heteroatoms. The third-order valence-corrected chi connectivity index (χ3v) is 7.05. The molecule has 1 atom stereocenters. The highest BCUT2D eigenvalue weighted by atomic mass is 79.9. The minimum Gasteiger partial charge on any atom is -0.330 e. The van der Waals surface area contributed by atoms with E-state index in [2.05, 4.69) is 15.9 Å². The molecule has 2 rings (SSSR count). The molecule has 4 nitrogen and oxygen atoms in total. The second-order valence-corrected chi connectivity index (χ2v) is 9.49. The summed E-state index contributed by atoms with van der Waals surface area (Å²) in [6.07, 6.45) is -4.50. The Balaban J connectivity index is 2.28. The number of benzene rings is 1. The average molecular weight is 442 g/mol. The molecule has 1 aromatic rings. The van der Waals surface area contributed by atoms with Crippen LogP contribution in [0.4, 0.5) is 13.2 Å². The van der Waals surface area contributed by atoms with Crippen LogP contribution in [0.1, 0.15) is 30.0 Å². The van der Waals surface area contributed by atoms with Gasteiger partial charge in [0.15, 0.2) is 6.04 Å². The largest absolute Gasteiger partial charge is 0.413 e. The van der Waals surface area contributed by atoms with Crippen molar-refractivity contribution in [2.75, 3.05) is 18.6 Å². The van der Waals surface area contributed by atoms with E-state index in [0.717, 1.165) is 7.05 Å². The van der Waals surface area contributed by atoms with Crippen molar-refractivity contribution in [3.8, 4) is 0 Å². The highest BCUT2D eigenvalue weighted by molar-refractivity contribution is 9.10. The van der Waals surface area contributed by atoms with Gasteiger partial charge in [-0.05, 0) is 37.0 Å². The van der Waals surface area contributed by atoms with E-state index in [9.17, 15) is 26.4 Å². The Morgan fingerprint density at radius 1 is 1.28 bits per heavy atom. The van der Waals surface area contributed by atoms with Gasteiger partial charge in [0.1, 0.15) is 9.84 Å². The number of alkyl halides is 3. The Morgan fingerprint density at radius 2 is 1.84 bits per heavy atom. The van der Waals surface area contributed by atoms with E-state index in [-0.39, 0.29) is 29.9 Å². The predicted octanol–water partition coefficient (Wildman–Crippen LogP) is 3.64. The molecule has 1 aromatic carbocycles. The standard InChI is InChI=1S/C16H19BrF3NO3S/c1-10-9-12(3-4-13(10)17)14(16(18,19)20)21(2)15(22)11-5-7-25(23,24)8-6-11/h3-4,9,11,14H,5-8H2,1-2H3/t14-/m0/s1. The minimum absolute atomic E-state index is 0.0209. The van der Waals surface area contributed by atoms with Crippen molar-refractivity contribution in [2.45, 2.75) is 32.0 Å². The van der Waals surface area contributed by atoms with Gasteiger partial charge in [0.25, 0.3) is 0 Å². The quantitative estimate of drug-likeness (QED) is 0.719. The molecule has 0 spiro atoms. The second kappa shape index (κ2) is 7.26. The first-order valence-corrected chi connectivity index (χ1v) is 10.3. The number of nitrogens with zero attached hydrogens (tertiary/aromatic N) is 1. The molecular formula is C16H19BrF3NO3S. The van der Waals surface area contributed by atoms with E-state index >= 15 is 0 Å². The average Bonchev–Trinajstić information content (AvgIpc) is 2.49. The van der Waals surface area contributed by atoms with Crippen molar-refractivity contribution in [2.24, 2.45) is 5.92 Å². The van der Waals surface area contributed by atoms with E-state index < -0.39 is 33.9 Å². The number of hydrogen-bond donors (Lipinski definition) is 0. The third kappa shape index (κ3) is 4.75. The number of rotatable bonds is 3. The molecule has 1 heterocycles. The van der Waals surface area contributed by atoms with Gasteiger partial charge < -0.3 is 4.90 Å². The van der Waals surface area contributed by atoms with E-state index in [0.29, 0.717) is 14.9 Å². The van der Waals surface area contributed by atoms with E-state index in [4.69, 9.17) is 0 Å². The van der Waals surface area contributed by atoms with Gasteiger partial charge >= 0.3 is 6.18 Å². The Labute approximate surface area is 153 Å². The first-order chi connectivity index (χ1) is 11.4. The van der Waals surface area contributed by atoms with Gasteiger partial charge in [-0.3, -0.25) is 4.79 Å². The molecule has 0 N–H and O–H groups in total. The highest BCUT2D eigenvalue weighted by Crippen LogP contribution is 2.39. The molecule has 140 valence electrons. The number of hydrogen-bond acceptors (Lipinski definition) is 3. The van der Waals surface area contributed by atoms with Crippen molar-refractivity contribution in [3.63, 3.8) is 0 Å². The molecule has 0 unspecified atom stereocenters. The molecular weight excluding hydrogens is 423 g/mol. The molecule has 1 saturated heterocycles. The van der Waals surface area contributed by atoms with Gasteiger partial charge in [-0.1, -0.05) is 28.1 Å². The maximum atomic E-state index is 13.6. The lowest BCUT2D eigenvalue weighted by molar-refractivity contribution is -0.190. The molecule has 1 amide bonds. The number of carbonyl (C=O) groups is 1. The lowest BCUT2D eigenvalue weighted by atomic mass is 9.97. The first kappa shape index (κ1) is 20.2. The lowest BCUT2D eigenvalue weighted by Gasteiger charge is -2.34. The fourth-order valence-corrected chi connectivity index (χ4v) is 4.76. The summed E-state index contributed by atoms with van der Waals surface area (Å²) in [7, 11) is -2.06. The van der Waals surface area contributed by atoms with E-state index in [1.165, 1.54) is 18.2 Å². The zero-order valence-electron chi connectivity index (χ0n) is 13.8. The van der Waals surface area contributed by atoms with Gasteiger partial charge in [-0.15, -0.1) is 0 Å². The fraction of sp³-hybridized carbons (Fsp3) is 0.562. The summed E-state index contributed by atoms with van der Waals surface area (Å²) >= 11 is 3.25. The minimum atomic E-state index is -4.63. The van der Waals surface area contributed by atoms with E-state index in [1.807, 2.05) is 0 Å². The van der Waals surface area contributed by atoms with Gasteiger partial charge in [-0.25, -0.2) is 8.42 Å². The SMILES string of the molecule is Cc1cc([C@H](N(C)C(=O)C2CCS(=O)(=O)CC2)C(F)(F)F)ccc1Br. The van der Waals surface area contributed by atoms with Crippen LogP contribution in [0.5, 0.6) is 0 Å². The Morgan fingerprint density at radius 3 is 2.32 bits per heavy atom. The lowest BCUT2D eigenvalue weighted by Crippen LogP contribution is -2.44. The van der Waals surface area contributed by atoms with Crippen LogP contribution >= 0.6 is 15.9 Å². The monoisotopic (exact) mass is 441 g/mol. The molecule has 25 heavy (non-hydrogen) atoms. The van der Waals surface area contributed by atoms with Crippen molar-refractivity contribution in [1.29, 1.82) is 0 Å². The van der Waals surface area contributed by atoms with Crippen molar-refractivity contribution >= 4 is 31.7 Å². The number of halogens is 4. The van der Waals surface area contributed by atoms with Crippen LogP contribution in [0, 0.1) is 12.8 Å². The number of carbonyl (C=O) groups excluding carboxylic acids is 1. The maximum absolute atomic E-state index is 13.6. The molecule has 1 fully saturated rings. The van der Waals surface area contributed by atoms with Crippen LogP contribution in [0.2, 0.25) is 0 Å². The molecule has 0 aromatic heterocycles. The zero-order valence-corrected chi connectivity index (χ0v) is 16.2. The second-order valence-electron chi connectivity index (χ2n) is 6.33. The summed E-state index contributed by atoms with van der Waals surface area (Å²) in [5, 5.41) is 0. The first-order valence-electron chi connectivity index (χ1n) is 7.72. The Kier molecular flexibility index (Phi) is 5.88. The van der Waals surface area contributed by atoms with Crippen molar-refractivity contribution in [1.82, 2.24) is 4.90 Å². The zero-order chi connectivity index (χ0) is 19.0. The third-order valence-electron chi connectivity index (χ3n) is 4.45. The summed E-state index contributed by atoms with van der Waals surface area (Å²) in [5.41, 5.74) is 0.615. The molecule has 0 radical (unpaired) electrons.